The molecule has 0 spiro atoms. The van der Waals surface area contributed by atoms with Crippen LogP contribution in [0.1, 0.15) is 49.3 Å². The topological polar surface area (TPSA) is 118 Å². The number of rotatable bonds is 13. The van der Waals surface area contributed by atoms with E-state index in [-0.39, 0.29) is 23.3 Å². The zero-order valence-electron chi connectivity index (χ0n) is 24.9. The van der Waals surface area contributed by atoms with Gasteiger partial charge in [0, 0.05) is 28.4 Å². The van der Waals surface area contributed by atoms with Crippen LogP contribution < -0.4 is 25.3 Å². The normalized spacial score (nSPS) is 11.7. The van der Waals surface area contributed by atoms with Crippen LogP contribution in [0.5, 0.6) is 17.2 Å². The minimum Gasteiger partial charge on any atom is -0.494 e. The maximum Gasteiger partial charge on any atom is 0.171 e. The van der Waals surface area contributed by atoms with Crippen LogP contribution in [-0.4, -0.2) is 28.5 Å². The lowest BCUT2D eigenvalue weighted by atomic mass is 10.0. The Bertz CT molecular complexity index is 1700. The van der Waals surface area contributed by atoms with E-state index >= 15 is 4.39 Å². The van der Waals surface area contributed by atoms with Gasteiger partial charge in [-0.2, -0.15) is 0 Å². The number of nitrogens with zero attached hydrogens (tertiary/aromatic N) is 1. The second kappa shape index (κ2) is 13.8. The van der Waals surface area contributed by atoms with Crippen LogP contribution in [0, 0.1) is 11.2 Å². The monoisotopic (exact) mass is 593 g/mol. The summed E-state index contributed by atoms with van der Waals surface area (Å²) in [5.74, 6) is 1.16. The molecule has 5 aromatic rings. The third-order valence-corrected chi connectivity index (χ3v) is 6.82. The molecule has 5 N–H and O–H groups in total. The number of amidine groups is 1. The van der Waals surface area contributed by atoms with Gasteiger partial charge in [0.1, 0.15) is 35.8 Å². The number of nitrogens with two attached hydrogens (primary N) is 1. The molecule has 0 bridgehead atoms. The lowest BCUT2D eigenvalue weighted by Gasteiger charge is -2.22. The molecular formula is C35H36FN5O3. The standard InChI is InChI=1S/C35H36FN5O3/c1-4-42-26-18-28(32(36)31(19-26)44-22(2)3)33(40-25-16-14-24(15-17-25)34(37)38)35-39-20-29(41-35)27-12-8-9-13-30(27)43-21-23-10-6-5-7-11-23/h5-20,22,33,40H,4,21H2,1-3H3,(H3,37,38)(H,39,41). The summed E-state index contributed by atoms with van der Waals surface area (Å²) < 4.78 is 34.0. The van der Waals surface area contributed by atoms with Gasteiger partial charge in [-0.15, -0.1) is 0 Å². The van der Waals surface area contributed by atoms with Gasteiger partial charge in [0.05, 0.1) is 24.6 Å². The first-order valence-corrected chi connectivity index (χ1v) is 14.5. The maximum absolute atomic E-state index is 16.2. The second-order valence-electron chi connectivity index (χ2n) is 10.4. The van der Waals surface area contributed by atoms with Crippen LogP contribution in [0.25, 0.3) is 11.3 Å². The molecule has 1 heterocycles. The van der Waals surface area contributed by atoms with E-state index in [0.717, 1.165) is 11.1 Å². The molecule has 226 valence electrons. The highest BCUT2D eigenvalue weighted by Gasteiger charge is 2.26. The summed E-state index contributed by atoms with van der Waals surface area (Å²) in [7, 11) is 0. The van der Waals surface area contributed by atoms with Crippen molar-refractivity contribution in [3.8, 4) is 28.5 Å². The van der Waals surface area contributed by atoms with Crippen molar-refractivity contribution in [2.75, 3.05) is 11.9 Å². The van der Waals surface area contributed by atoms with Gasteiger partial charge in [0.25, 0.3) is 0 Å². The van der Waals surface area contributed by atoms with Crippen LogP contribution in [0.15, 0.2) is 97.2 Å². The predicted molar refractivity (Wildman–Crippen MR) is 171 cm³/mol. The fourth-order valence-corrected chi connectivity index (χ4v) is 4.77. The molecule has 0 aliphatic heterocycles. The fourth-order valence-electron chi connectivity index (χ4n) is 4.77. The average molecular weight is 594 g/mol. The SMILES string of the molecule is CCOc1cc(OC(C)C)c(F)c(C(Nc2ccc(C(=N)N)cc2)c2ncc(-c3ccccc3OCc3ccccc3)[nH]2)c1. The Morgan fingerprint density at radius 1 is 0.955 bits per heavy atom. The average Bonchev–Trinajstić information content (AvgIpc) is 3.51. The molecule has 5 rings (SSSR count). The molecule has 0 saturated carbocycles. The Morgan fingerprint density at radius 2 is 1.68 bits per heavy atom. The van der Waals surface area contributed by atoms with Gasteiger partial charge < -0.3 is 30.2 Å². The van der Waals surface area contributed by atoms with E-state index < -0.39 is 11.9 Å². The molecule has 0 fully saturated rings. The number of hydrogen-bond acceptors (Lipinski definition) is 6. The minimum atomic E-state index is -0.765. The Morgan fingerprint density at radius 3 is 2.39 bits per heavy atom. The van der Waals surface area contributed by atoms with E-state index in [1.54, 1.807) is 42.6 Å². The van der Waals surface area contributed by atoms with Gasteiger partial charge in [-0.3, -0.25) is 5.41 Å². The largest absolute Gasteiger partial charge is 0.494 e. The molecule has 8 nitrogen and oxygen atoms in total. The van der Waals surface area contributed by atoms with E-state index in [9.17, 15) is 0 Å². The number of para-hydroxylation sites is 1. The summed E-state index contributed by atoms with van der Waals surface area (Å²) in [6, 6.07) is 27.1. The highest BCUT2D eigenvalue weighted by molar-refractivity contribution is 5.95. The van der Waals surface area contributed by atoms with Crippen LogP contribution >= 0.6 is 0 Å². The van der Waals surface area contributed by atoms with Gasteiger partial charge in [-0.25, -0.2) is 9.37 Å². The number of benzene rings is 4. The van der Waals surface area contributed by atoms with Crippen molar-refractivity contribution in [2.45, 2.75) is 39.5 Å². The van der Waals surface area contributed by atoms with Crippen molar-refractivity contribution in [1.29, 1.82) is 5.41 Å². The van der Waals surface area contributed by atoms with E-state index in [1.807, 2.05) is 75.4 Å². The first kappa shape index (κ1) is 30.2. The number of ether oxygens (including phenoxy) is 3. The summed E-state index contributed by atoms with van der Waals surface area (Å²) in [6.07, 6.45) is 1.46. The molecule has 9 heteroatoms. The first-order chi connectivity index (χ1) is 21.3. The molecule has 0 amide bonds. The minimum absolute atomic E-state index is 0.0390. The van der Waals surface area contributed by atoms with E-state index in [1.165, 1.54) is 0 Å². The molecule has 44 heavy (non-hydrogen) atoms. The van der Waals surface area contributed by atoms with Crippen LogP contribution in [-0.2, 0) is 6.61 Å². The Hall–Kier alpha value is -5.31. The number of halogens is 1. The second-order valence-corrected chi connectivity index (χ2v) is 10.4. The zero-order chi connectivity index (χ0) is 31.1. The van der Waals surface area contributed by atoms with Crippen LogP contribution in [0.2, 0.25) is 0 Å². The first-order valence-electron chi connectivity index (χ1n) is 14.5. The maximum atomic E-state index is 16.2. The molecule has 0 saturated heterocycles. The summed E-state index contributed by atoms with van der Waals surface area (Å²) in [6.45, 7) is 6.37. The van der Waals surface area contributed by atoms with Gasteiger partial charge in [-0.1, -0.05) is 42.5 Å². The molecule has 4 aromatic carbocycles. The lowest BCUT2D eigenvalue weighted by Crippen LogP contribution is -2.18. The predicted octanol–water partition coefficient (Wildman–Crippen LogP) is 7.47. The van der Waals surface area contributed by atoms with E-state index in [4.69, 9.17) is 30.3 Å². The van der Waals surface area contributed by atoms with Crippen molar-refractivity contribution in [2.24, 2.45) is 5.73 Å². The van der Waals surface area contributed by atoms with Crippen molar-refractivity contribution in [3.05, 3.63) is 126 Å². The molecule has 1 atom stereocenters. The van der Waals surface area contributed by atoms with E-state index in [0.29, 0.717) is 47.5 Å². The number of aromatic nitrogens is 2. The van der Waals surface area contributed by atoms with Crippen molar-refractivity contribution in [3.63, 3.8) is 0 Å². The smallest absolute Gasteiger partial charge is 0.171 e. The number of H-pyrrole nitrogens is 1. The zero-order valence-corrected chi connectivity index (χ0v) is 24.9. The van der Waals surface area contributed by atoms with E-state index in [2.05, 4.69) is 10.3 Å². The Balaban J connectivity index is 1.55. The quantitative estimate of drug-likeness (QED) is 0.0831. The Labute approximate surface area is 256 Å². The third kappa shape index (κ3) is 7.18. The molecule has 0 aliphatic rings. The summed E-state index contributed by atoms with van der Waals surface area (Å²) in [4.78, 5) is 8.10. The number of nitrogens with one attached hydrogen (secondary N) is 3. The van der Waals surface area contributed by atoms with Crippen molar-refractivity contribution < 1.29 is 18.6 Å². The summed E-state index contributed by atoms with van der Waals surface area (Å²) in [5, 5.41) is 11.1. The molecule has 1 unspecified atom stereocenters. The number of nitrogen functional groups attached to an aromatic ring is 1. The fraction of sp³-hybridized carbons (Fsp3) is 0.200. The molecule has 0 radical (unpaired) electrons. The van der Waals surface area contributed by atoms with Crippen molar-refractivity contribution in [1.82, 2.24) is 9.97 Å². The number of hydrogen-bond donors (Lipinski definition) is 4. The molecule has 0 aliphatic carbocycles. The molecule has 1 aromatic heterocycles. The summed E-state index contributed by atoms with van der Waals surface area (Å²) in [5.41, 5.74) is 9.78. The van der Waals surface area contributed by atoms with Gasteiger partial charge in [0.15, 0.2) is 11.6 Å². The van der Waals surface area contributed by atoms with Crippen molar-refractivity contribution >= 4 is 11.5 Å². The van der Waals surface area contributed by atoms with Gasteiger partial charge >= 0.3 is 0 Å². The van der Waals surface area contributed by atoms with Crippen LogP contribution in [0.3, 0.4) is 0 Å². The highest BCUT2D eigenvalue weighted by Crippen LogP contribution is 2.37. The van der Waals surface area contributed by atoms with Gasteiger partial charge in [-0.05, 0) is 68.8 Å². The Kier molecular flexibility index (Phi) is 9.44. The number of anilines is 1. The third-order valence-electron chi connectivity index (χ3n) is 6.82. The number of imidazole rings is 1. The highest BCUT2D eigenvalue weighted by atomic mass is 19.1. The molecular weight excluding hydrogens is 557 g/mol. The number of aromatic amines is 1. The van der Waals surface area contributed by atoms with Crippen LogP contribution in [0.4, 0.5) is 10.1 Å². The van der Waals surface area contributed by atoms with Gasteiger partial charge in [0.2, 0.25) is 0 Å². The lowest BCUT2D eigenvalue weighted by molar-refractivity contribution is 0.228. The summed E-state index contributed by atoms with van der Waals surface area (Å²) >= 11 is 0.